The first-order valence-electron chi connectivity index (χ1n) is 8.75. The molecule has 5 heteroatoms. The van der Waals surface area contributed by atoms with E-state index in [0.717, 1.165) is 26.2 Å². The summed E-state index contributed by atoms with van der Waals surface area (Å²) in [6.07, 6.45) is 0. The van der Waals surface area contributed by atoms with E-state index >= 15 is 0 Å². The van der Waals surface area contributed by atoms with Gasteiger partial charge in [0.15, 0.2) is 0 Å². The molecule has 25 heavy (non-hydrogen) atoms. The van der Waals surface area contributed by atoms with Crippen LogP contribution in [-0.4, -0.2) is 46.9 Å². The number of fused-ring (bicyclic) bond motifs is 1. The predicted molar refractivity (Wildman–Crippen MR) is 103 cm³/mol. The zero-order chi connectivity index (χ0) is 17.4. The molecule has 1 unspecified atom stereocenters. The number of aryl methyl sites for hydroxylation is 1. The standard InChI is InChI=1S/C20H23N3OS/c1-14-19(16-6-3-4-7-17(16)21-14)20(18-8-5-13-25-18)23-11-9-22(10-12-23)15(2)24/h3-8,13,20-21H,9-12H2,1-2H3. The molecular formula is C20H23N3OS. The molecular weight excluding hydrogens is 330 g/mol. The fourth-order valence-corrected chi connectivity index (χ4v) is 4.76. The second-order valence-corrected chi connectivity index (χ2v) is 7.65. The van der Waals surface area contributed by atoms with Gasteiger partial charge in [-0.3, -0.25) is 9.69 Å². The van der Waals surface area contributed by atoms with E-state index in [1.54, 1.807) is 6.92 Å². The minimum Gasteiger partial charge on any atom is -0.358 e. The van der Waals surface area contributed by atoms with Gasteiger partial charge in [-0.05, 0) is 24.4 Å². The Morgan fingerprint density at radius 1 is 1.12 bits per heavy atom. The molecule has 1 amide bonds. The van der Waals surface area contributed by atoms with Crippen LogP contribution in [0.4, 0.5) is 0 Å². The van der Waals surface area contributed by atoms with Gasteiger partial charge in [-0.1, -0.05) is 24.3 Å². The summed E-state index contributed by atoms with van der Waals surface area (Å²) >= 11 is 1.81. The predicted octanol–water partition coefficient (Wildman–Crippen LogP) is 3.79. The largest absolute Gasteiger partial charge is 0.358 e. The van der Waals surface area contributed by atoms with Crippen LogP contribution in [-0.2, 0) is 4.79 Å². The van der Waals surface area contributed by atoms with Crippen molar-refractivity contribution in [3.05, 3.63) is 57.9 Å². The van der Waals surface area contributed by atoms with E-state index in [9.17, 15) is 4.79 Å². The molecule has 3 heterocycles. The number of thiophene rings is 1. The van der Waals surface area contributed by atoms with E-state index in [-0.39, 0.29) is 11.9 Å². The molecule has 1 fully saturated rings. The lowest BCUT2D eigenvalue weighted by Crippen LogP contribution is -2.49. The van der Waals surface area contributed by atoms with Gasteiger partial charge in [0, 0.05) is 60.1 Å². The minimum absolute atomic E-state index is 0.176. The number of carbonyl (C=O) groups is 1. The number of aromatic amines is 1. The van der Waals surface area contributed by atoms with Gasteiger partial charge in [0.2, 0.25) is 5.91 Å². The molecule has 130 valence electrons. The molecule has 0 radical (unpaired) electrons. The number of hydrogen-bond acceptors (Lipinski definition) is 3. The molecule has 1 aliphatic heterocycles. The second-order valence-electron chi connectivity index (χ2n) is 6.67. The summed E-state index contributed by atoms with van der Waals surface area (Å²) in [7, 11) is 0. The Morgan fingerprint density at radius 3 is 2.56 bits per heavy atom. The van der Waals surface area contributed by atoms with Crippen LogP contribution in [0.1, 0.15) is 29.1 Å². The number of H-pyrrole nitrogens is 1. The molecule has 3 aromatic rings. The van der Waals surface area contributed by atoms with Gasteiger partial charge in [0.25, 0.3) is 0 Å². The highest BCUT2D eigenvalue weighted by molar-refractivity contribution is 7.10. The smallest absolute Gasteiger partial charge is 0.219 e. The third-order valence-electron chi connectivity index (χ3n) is 5.15. The maximum atomic E-state index is 11.7. The third kappa shape index (κ3) is 2.98. The first kappa shape index (κ1) is 16.4. The average Bonchev–Trinajstić information content (AvgIpc) is 3.24. The zero-order valence-corrected chi connectivity index (χ0v) is 15.5. The highest BCUT2D eigenvalue weighted by atomic mass is 32.1. The summed E-state index contributed by atoms with van der Waals surface area (Å²) in [6, 6.07) is 13.1. The molecule has 4 nitrogen and oxygen atoms in total. The maximum Gasteiger partial charge on any atom is 0.219 e. The molecule has 4 rings (SSSR count). The average molecular weight is 353 g/mol. The Balaban J connectivity index is 1.75. The molecule has 1 aliphatic rings. The van der Waals surface area contributed by atoms with Crippen molar-refractivity contribution in [1.82, 2.24) is 14.8 Å². The number of benzene rings is 1. The number of hydrogen-bond donors (Lipinski definition) is 1. The topological polar surface area (TPSA) is 39.3 Å². The van der Waals surface area contributed by atoms with Crippen molar-refractivity contribution < 1.29 is 4.79 Å². The van der Waals surface area contributed by atoms with Crippen molar-refractivity contribution in [2.75, 3.05) is 26.2 Å². The minimum atomic E-state index is 0.176. The number of para-hydroxylation sites is 1. The fraction of sp³-hybridized carbons (Fsp3) is 0.350. The van der Waals surface area contributed by atoms with Crippen LogP contribution >= 0.6 is 11.3 Å². The Labute approximate surface area is 152 Å². The van der Waals surface area contributed by atoms with E-state index in [0.29, 0.717) is 0 Å². The number of piperazine rings is 1. The Bertz CT molecular complexity index is 876. The summed E-state index contributed by atoms with van der Waals surface area (Å²) in [5.41, 5.74) is 3.79. The molecule has 0 bridgehead atoms. The number of nitrogens with zero attached hydrogens (tertiary/aromatic N) is 2. The summed E-state index contributed by atoms with van der Waals surface area (Å²) in [6.45, 7) is 7.25. The van der Waals surface area contributed by atoms with Crippen molar-refractivity contribution in [2.45, 2.75) is 19.9 Å². The quantitative estimate of drug-likeness (QED) is 0.778. The van der Waals surface area contributed by atoms with Gasteiger partial charge in [0.05, 0.1) is 6.04 Å². The van der Waals surface area contributed by atoms with Gasteiger partial charge in [-0.25, -0.2) is 0 Å². The van der Waals surface area contributed by atoms with Crippen molar-refractivity contribution >= 4 is 28.1 Å². The number of aromatic nitrogens is 1. The lowest BCUT2D eigenvalue weighted by molar-refractivity contribution is -0.130. The van der Waals surface area contributed by atoms with Gasteiger partial charge in [-0.2, -0.15) is 0 Å². The normalized spacial score (nSPS) is 17.1. The van der Waals surface area contributed by atoms with Crippen LogP contribution in [0.25, 0.3) is 10.9 Å². The van der Waals surface area contributed by atoms with Crippen molar-refractivity contribution in [3.63, 3.8) is 0 Å². The highest BCUT2D eigenvalue weighted by Crippen LogP contribution is 2.38. The van der Waals surface area contributed by atoms with Crippen molar-refractivity contribution in [2.24, 2.45) is 0 Å². The summed E-state index contributed by atoms with van der Waals surface area (Å²) in [5, 5.41) is 3.45. The van der Waals surface area contributed by atoms with Crippen LogP contribution in [0.15, 0.2) is 41.8 Å². The first-order valence-corrected chi connectivity index (χ1v) is 9.63. The fourth-order valence-electron chi connectivity index (χ4n) is 3.90. The number of amides is 1. The molecule has 0 saturated carbocycles. The molecule has 0 spiro atoms. The van der Waals surface area contributed by atoms with E-state index in [2.05, 4.69) is 58.6 Å². The van der Waals surface area contributed by atoms with Crippen LogP contribution in [0.3, 0.4) is 0 Å². The van der Waals surface area contributed by atoms with Gasteiger partial charge < -0.3 is 9.88 Å². The first-order chi connectivity index (χ1) is 12.1. The van der Waals surface area contributed by atoms with E-state index in [4.69, 9.17) is 0 Å². The van der Waals surface area contributed by atoms with Crippen LogP contribution in [0.2, 0.25) is 0 Å². The van der Waals surface area contributed by atoms with E-state index < -0.39 is 0 Å². The molecule has 1 atom stereocenters. The van der Waals surface area contributed by atoms with Crippen LogP contribution < -0.4 is 0 Å². The maximum absolute atomic E-state index is 11.7. The number of rotatable bonds is 3. The van der Waals surface area contributed by atoms with Crippen molar-refractivity contribution in [1.29, 1.82) is 0 Å². The molecule has 1 saturated heterocycles. The number of nitrogens with one attached hydrogen (secondary N) is 1. The van der Waals surface area contributed by atoms with Gasteiger partial charge in [0.1, 0.15) is 0 Å². The van der Waals surface area contributed by atoms with E-state index in [1.165, 1.54) is 27.0 Å². The SMILES string of the molecule is CC(=O)N1CCN(C(c2cccs2)c2c(C)[nH]c3ccccc23)CC1. The van der Waals surface area contributed by atoms with E-state index in [1.807, 2.05) is 16.2 Å². The monoisotopic (exact) mass is 353 g/mol. The lowest BCUT2D eigenvalue weighted by atomic mass is 9.99. The summed E-state index contributed by atoms with van der Waals surface area (Å²) in [5.74, 6) is 0.176. The van der Waals surface area contributed by atoms with Gasteiger partial charge >= 0.3 is 0 Å². The molecule has 1 N–H and O–H groups in total. The number of carbonyl (C=O) groups excluding carboxylic acids is 1. The molecule has 0 aliphatic carbocycles. The summed E-state index contributed by atoms with van der Waals surface area (Å²) in [4.78, 5) is 21.1. The molecule has 1 aromatic carbocycles. The van der Waals surface area contributed by atoms with Crippen LogP contribution in [0, 0.1) is 6.92 Å². The third-order valence-corrected chi connectivity index (χ3v) is 6.08. The lowest BCUT2D eigenvalue weighted by Gasteiger charge is -2.39. The Kier molecular flexibility index (Phi) is 4.36. The zero-order valence-electron chi connectivity index (χ0n) is 14.7. The van der Waals surface area contributed by atoms with Gasteiger partial charge in [-0.15, -0.1) is 11.3 Å². The highest BCUT2D eigenvalue weighted by Gasteiger charge is 2.30. The van der Waals surface area contributed by atoms with Crippen LogP contribution in [0.5, 0.6) is 0 Å². The Hall–Kier alpha value is -2.11. The molecule has 2 aromatic heterocycles. The Morgan fingerprint density at radius 2 is 1.88 bits per heavy atom. The second kappa shape index (κ2) is 6.65. The summed E-state index contributed by atoms with van der Waals surface area (Å²) < 4.78 is 0. The van der Waals surface area contributed by atoms with Crippen molar-refractivity contribution in [3.8, 4) is 0 Å².